The summed E-state index contributed by atoms with van der Waals surface area (Å²) in [5, 5.41) is -0.252. The Balaban J connectivity index is 1.55. The molecule has 25 heavy (non-hydrogen) atoms. The fourth-order valence-electron chi connectivity index (χ4n) is 2.67. The quantitative estimate of drug-likeness (QED) is 0.782. The van der Waals surface area contributed by atoms with E-state index in [1.54, 1.807) is 18.2 Å². The first-order valence-corrected chi connectivity index (χ1v) is 8.62. The van der Waals surface area contributed by atoms with Crippen molar-refractivity contribution in [1.82, 2.24) is 4.90 Å². The molecule has 0 radical (unpaired) electrons. The highest BCUT2D eigenvalue weighted by molar-refractivity contribution is 8.18. The van der Waals surface area contributed by atoms with Crippen LogP contribution >= 0.6 is 11.8 Å². The van der Waals surface area contributed by atoms with Gasteiger partial charge in [-0.05, 0) is 48.0 Å². The highest BCUT2D eigenvalue weighted by Gasteiger charge is 2.35. The first kappa shape index (κ1) is 15.8. The highest BCUT2D eigenvalue weighted by Crippen LogP contribution is 2.36. The molecule has 2 amide bonds. The zero-order valence-electron chi connectivity index (χ0n) is 13.5. The van der Waals surface area contributed by atoms with Crippen LogP contribution in [0.3, 0.4) is 0 Å². The second kappa shape index (κ2) is 6.29. The Bertz CT molecular complexity index is 889. The van der Waals surface area contributed by atoms with E-state index in [4.69, 9.17) is 9.47 Å². The minimum Gasteiger partial charge on any atom is -0.454 e. The standard InChI is InChI=1S/C19H15NO4S/c1-12-2-4-13(5-3-12)10-20-18(21)17(25-19(20)22)9-14-6-7-15-16(8-14)24-11-23-15/h2-9H,10-11H2,1H3/b17-9-. The molecule has 4 rings (SSSR count). The van der Waals surface area contributed by atoms with Crippen LogP contribution in [-0.4, -0.2) is 22.8 Å². The number of carbonyl (C=O) groups excluding carboxylic acids is 2. The van der Waals surface area contributed by atoms with Crippen LogP contribution in [0.25, 0.3) is 6.08 Å². The Morgan fingerprint density at radius 3 is 2.64 bits per heavy atom. The summed E-state index contributed by atoms with van der Waals surface area (Å²) < 4.78 is 10.6. The molecular weight excluding hydrogens is 338 g/mol. The zero-order chi connectivity index (χ0) is 17.4. The van der Waals surface area contributed by atoms with E-state index in [1.807, 2.05) is 37.3 Å². The monoisotopic (exact) mass is 353 g/mol. The fraction of sp³-hybridized carbons (Fsp3) is 0.158. The predicted molar refractivity (Wildman–Crippen MR) is 95.3 cm³/mol. The van der Waals surface area contributed by atoms with E-state index >= 15 is 0 Å². The summed E-state index contributed by atoms with van der Waals surface area (Å²) in [7, 11) is 0. The van der Waals surface area contributed by atoms with Gasteiger partial charge < -0.3 is 9.47 Å². The molecule has 1 saturated heterocycles. The van der Waals surface area contributed by atoms with Gasteiger partial charge in [-0.25, -0.2) is 0 Å². The van der Waals surface area contributed by atoms with Crippen molar-refractivity contribution >= 4 is 29.0 Å². The van der Waals surface area contributed by atoms with Gasteiger partial charge >= 0.3 is 0 Å². The van der Waals surface area contributed by atoms with Crippen molar-refractivity contribution in [3.8, 4) is 11.5 Å². The van der Waals surface area contributed by atoms with Crippen LogP contribution in [0.4, 0.5) is 4.79 Å². The molecule has 2 aliphatic rings. The molecule has 0 aliphatic carbocycles. The summed E-state index contributed by atoms with van der Waals surface area (Å²) in [5.41, 5.74) is 2.86. The van der Waals surface area contributed by atoms with Gasteiger partial charge in [0.2, 0.25) is 6.79 Å². The van der Waals surface area contributed by atoms with Crippen LogP contribution < -0.4 is 9.47 Å². The van der Waals surface area contributed by atoms with Crippen molar-refractivity contribution in [2.45, 2.75) is 13.5 Å². The van der Waals surface area contributed by atoms with Gasteiger partial charge in [0.1, 0.15) is 0 Å². The highest BCUT2D eigenvalue weighted by atomic mass is 32.2. The SMILES string of the molecule is Cc1ccc(CN2C(=O)S/C(=C\c3ccc4c(c3)OCO4)C2=O)cc1. The summed E-state index contributed by atoms with van der Waals surface area (Å²) in [4.78, 5) is 26.5. The number of hydrogen-bond acceptors (Lipinski definition) is 5. The van der Waals surface area contributed by atoms with Gasteiger partial charge in [-0.15, -0.1) is 0 Å². The molecule has 0 spiro atoms. The van der Waals surface area contributed by atoms with E-state index in [-0.39, 0.29) is 24.5 Å². The van der Waals surface area contributed by atoms with Gasteiger partial charge in [0, 0.05) is 0 Å². The smallest absolute Gasteiger partial charge is 0.293 e. The largest absolute Gasteiger partial charge is 0.454 e. The Kier molecular flexibility index (Phi) is 3.97. The van der Waals surface area contributed by atoms with Crippen LogP contribution in [0.5, 0.6) is 11.5 Å². The van der Waals surface area contributed by atoms with Crippen molar-refractivity contribution < 1.29 is 19.1 Å². The Labute approximate surface area is 149 Å². The average Bonchev–Trinajstić information content (AvgIpc) is 3.16. The molecule has 0 aromatic heterocycles. The molecule has 2 heterocycles. The number of imide groups is 1. The first-order chi connectivity index (χ1) is 12.1. The maximum absolute atomic E-state index is 12.6. The number of fused-ring (bicyclic) bond motifs is 1. The number of nitrogens with zero attached hydrogens (tertiary/aromatic N) is 1. The van der Waals surface area contributed by atoms with Crippen LogP contribution in [-0.2, 0) is 11.3 Å². The third-order valence-electron chi connectivity index (χ3n) is 4.03. The van der Waals surface area contributed by atoms with E-state index in [1.165, 1.54) is 4.90 Å². The summed E-state index contributed by atoms with van der Waals surface area (Å²) in [5.74, 6) is 1.06. The number of hydrogen-bond donors (Lipinski definition) is 0. The van der Waals surface area contributed by atoms with Gasteiger partial charge in [-0.3, -0.25) is 14.5 Å². The molecule has 0 N–H and O–H groups in total. The Morgan fingerprint density at radius 1 is 1.08 bits per heavy atom. The summed E-state index contributed by atoms with van der Waals surface area (Å²) in [6.07, 6.45) is 1.71. The minimum absolute atomic E-state index is 0.200. The van der Waals surface area contributed by atoms with Crippen molar-refractivity contribution in [1.29, 1.82) is 0 Å². The normalized spacial score (nSPS) is 17.6. The number of rotatable bonds is 3. The number of benzene rings is 2. The lowest BCUT2D eigenvalue weighted by atomic mass is 10.1. The molecule has 1 fully saturated rings. The maximum atomic E-state index is 12.6. The Hall–Kier alpha value is -2.73. The summed E-state index contributed by atoms with van der Waals surface area (Å²) in [6, 6.07) is 13.2. The van der Waals surface area contributed by atoms with Crippen LogP contribution in [0, 0.1) is 6.92 Å². The van der Waals surface area contributed by atoms with Gasteiger partial charge in [-0.1, -0.05) is 35.9 Å². The van der Waals surface area contributed by atoms with Gasteiger partial charge in [-0.2, -0.15) is 0 Å². The fourth-order valence-corrected chi connectivity index (χ4v) is 3.50. The number of aryl methyl sites for hydroxylation is 1. The van der Waals surface area contributed by atoms with Crippen molar-refractivity contribution in [2.24, 2.45) is 0 Å². The Morgan fingerprint density at radius 2 is 1.84 bits per heavy atom. The van der Waals surface area contributed by atoms with Crippen LogP contribution in [0.15, 0.2) is 47.4 Å². The van der Waals surface area contributed by atoms with E-state index in [2.05, 4.69) is 0 Å². The molecule has 2 aliphatic heterocycles. The van der Waals surface area contributed by atoms with Crippen molar-refractivity contribution in [3.05, 3.63) is 64.1 Å². The molecule has 0 unspecified atom stereocenters. The summed E-state index contributed by atoms with van der Waals surface area (Å²) >= 11 is 0.959. The van der Waals surface area contributed by atoms with Crippen molar-refractivity contribution in [3.63, 3.8) is 0 Å². The third kappa shape index (κ3) is 3.13. The lowest BCUT2D eigenvalue weighted by Gasteiger charge is -2.12. The predicted octanol–water partition coefficient (Wildman–Crippen LogP) is 3.96. The van der Waals surface area contributed by atoms with E-state index in [0.29, 0.717) is 16.4 Å². The van der Waals surface area contributed by atoms with Gasteiger partial charge in [0.05, 0.1) is 11.4 Å². The molecular formula is C19H15NO4S. The van der Waals surface area contributed by atoms with Crippen LogP contribution in [0.2, 0.25) is 0 Å². The summed E-state index contributed by atoms with van der Waals surface area (Å²) in [6.45, 7) is 2.48. The van der Waals surface area contributed by atoms with E-state index in [0.717, 1.165) is 28.5 Å². The molecule has 6 heteroatoms. The molecule has 0 atom stereocenters. The number of ether oxygens (including phenoxy) is 2. The lowest BCUT2D eigenvalue weighted by Crippen LogP contribution is -2.27. The van der Waals surface area contributed by atoms with E-state index < -0.39 is 0 Å². The average molecular weight is 353 g/mol. The maximum Gasteiger partial charge on any atom is 0.293 e. The topological polar surface area (TPSA) is 55.8 Å². The number of amides is 2. The first-order valence-electron chi connectivity index (χ1n) is 7.81. The molecule has 5 nitrogen and oxygen atoms in total. The molecule has 2 aromatic rings. The van der Waals surface area contributed by atoms with E-state index in [9.17, 15) is 9.59 Å². The zero-order valence-corrected chi connectivity index (χ0v) is 14.3. The molecule has 126 valence electrons. The van der Waals surface area contributed by atoms with Crippen molar-refractivity contribution in [2.75, 3.05) is 6.79 Å². The van der Waals surface area contributed by atoms with Gasteiger partial charge in [0.25, 0.3) is 11.1 Å². The second-order valence-electron chi connectivity index (χ2n) is 5.87. The molecule has 2 aromatic carbocycles. The van der Waals surface area contributed by atoms with Gasteiger partial charge in [0.15, 0.2) is 11.5 Å². The molecule has 0 bridgehead atoms. The molecule has 0 saturated carbocycles. The lowest BCUT2D eigenvalue weighted by molar-refractivity contribution is -0.123. The minimum atomic E-state index is -0.270. The number of carbonyl (C=O) groups is 2. The van der Waals surface area contributed by atoms with Crippen LogP contribution in [0.1, 0.15) is 16.7 Å². The number of thioether (sulfide) groups is 1. The third-order valence-corrected chi connectivity index (χ3v) is 4.94. The second-order valence-corrected chi connectivity index (χ2v) is 6.86.